The topological polar surface area (TPSA) is 16.3 Å². The summed E-state index contributed by atoms with van der Waals surface area (Å²) in [7, 11) is 0. The van der Waals surface area contributed by atoms with Crippen LogP contribution >= 0.6 is 0 Å². The second-order valence-electron chi connectivity index (χ2n) is 19.2. The molecule has 298 valence electrons. The molecule has 0 saturated heterocycles. The molecular formula is C58H40B2N4. The second-order valence-corrected chi connectivity index (χ2v) is 19.2. The van der Waals surface area contributed by atoms with Crippen molar-refractivity contribution >= 4 is 113 Å². The molecule has 0 radical (unpaired) electrons. The number of anilines is 6. The highest BCUT2D eigenvalue weighted by atomic mass is 15.2. The Morgan fingerprint density at radius 2 is 0.891 bits per heavy atom. The maximum absolute atomic E-state index is 2.70. The number of aromatic nitrogens is 2. The summed E-state index contributed by atoms with van der Waals surface area (Å²) in [5, 5.41) is 5.20. The third kappa shape index (κ3) is 4.22. The molecule has 9 aromatic carbocycles. The Hall–Kier alpha value is -7.69. The molecule has 0 bridgehead atoms. The van der Waals surface area contributed by atoms with Gasteiger partial charge in [-0.1, -0.05) is 160 Å². The number of hydrogen-bond donors (Lipinski definition) is 0. The average molecular weight is 815 g/mol. The Balaban J connectivity index is 1.19. The van der Waals surface area contributed by atoms with Crippen LogP contribution in [0.1, 0.15) is 26.3 Å². The van der Waals surface area contributed by atoms with Crippen LogP contribution in [0.2, 0.25) is 0 Å². The minimum Gasteiger partial charge on any atom is -0.375 e. The molecule has 6 heterocycles. The fourth-order valence-electron chi connectivity index (χ4n) is 12.4. The summed E-state index contributed by atoms with van der Waals surface area (Å²) in [6.45, 7) is 6.85. The second kappa shape index (κ2) is 12.1. The fraction of sp³-hybridized carbons (Fsp3) is 0.0690. The van der Waals surface area contributed by atoms with Gasteiger partial charge in [-0.15, -0.1) is 0 Å². The van der Waals surface area contributed by atoms with Crippen molar-refractivity contribution in [1.82, 2.24) is 8.96 Å². The van der Waals surface area contributed by atoms with Crippen molar-refractivity contribution in [1.29, 1.82) is 0 Å². The van der Waals surface area contributed by atoms with E-state index < -0.39 is 0 Å². The Kier molecular flexibility index (Phi) is 6.57. The first-order chi connectivity index (χ1) is 31.5. The molecule has 0 saturated carbocycles. The van der Waals surface area contributed by atoms with Crippen molar-refractivity contribution in [3.63, 3.8) is 0 Å². The first-order valence-electron chi connectivity index (χ1n) is 22.7. The average Bonchev–Trinajstić information content (AvgIpc) is 3.85. The Morgan fingerprint density at radius 3 is 1.52 bits per heavy atom. The molecule has 0 amide bonds. The maximum Gasteiger partial charge on any atom is 0.333 e. The molecule has 2 aromatic heterocycles. The van der Waals surface area contributed by atoms with Crippen LogP contribution in [0.15, 0.2) is 188 Å². The van der Waals surface area contributed by atoms with E-state index in [1.165, 1.54) is 116 Å². The van der Waals surface area contributed by atoms with E-state index in [1.54, 1.807) is 0 Å². The van der Waals surface area contributed by atoms with Crippen molar-refractivity contribution in [2.45, 2.75) is 26.2 Å². The van der Waals surface area contributed by atoms with E-state index in [-0.39, 0.29) is 19.1 Å². The van der Waals surface area contributed by atoms with Gasteiger partial charge in [-0.2, -0.15) is 0 Å². The number of rotatable bonds is 2. The van der Waals surface area contributed by atoms with Crippen molar-refractivity contribution in [2.75, 3.05) is 9.80 Å². The lowest BCUT2D eigenvalue weighted by molar-refractivity contribution is 0.590. The third-order valence-electron chi connectivity index (χ3n) is 15.0. The van der Waals surface area contributed by atoms with Crippen molar-refractivity contribution < 1.29 is 0 Å². The van der Waals surface area contributed by atoms with Gasteiger partial charge < -0.3 is 18.8 Å². The van der Waals surface area contributed by atoms with Crippen LogP contribution in [0.5, 0.6) is 0 Å². The van der Waals surface area contributed by atoms with Crippen LogP contribution in [0.25, 0.3) is 65.9 Å². The monoisotopic (exact) mass is 814 g/mol. The predicted molar refractivity (Wildman–Crippen MR) is 272 cm³/mol. The molecule has 0 spiro atoms. The van der Waals surface area contributed by atoms with E-state index in [2.05, 4.69) is 228 Å². The molecular weight excluding hydrogens is 774 g/mol. The lowest BCUT2D eigenvalue weighted by atomic mass is 9.41. The highest BCUT2D eigenvalue weighted by Gasteiger charge is 2.50. The molecule has 0 atom stereocenters. The van der Waals surface area contributed by atoms with E-state index in [9.17, 15) is 0 Å². The molecule has 11 aromatic rings. The van der Waals surface area contributed by atoms with Crippen LogP contribution < -0.4 is 31.7 Å². The summed E-state index contributed by atoms with van der Waals surface area (Å²) in [5.41, 5.74) is 24.2. The summed E-state index contributed by atoms with van der Waals surface area (Å²) in [6.07, 6.45) is 0. The van der Waals surface area contributed by atoms with Crippen LogP contribution in [-0.4, -0.2) is 22.7 Å². The molecule has 6 heteroatoms. The van der Waals surface area contributed by atoms with Gasteiger partial charge in [-0.25, -0.2) is 0 Å². The Morgan fingerprint density at radius 1 is 0.375 bits per heavy atom. The summed E-state index contributed by atoms with van der Waals surface area (Å²) < 4.78 is 5.39. The standard InChI is InChI=1S/C58H40B2N4/c1-58(2,3)35-31-32-46-51(33-35)62(37-19-8-5-9-20-37)57-53-45(44-27-15-25-42-39-22-10-12-28-48(39)63(55(42)44)59(46)53)34-47-56(57)61(36-17-6-4-7-18-36)50-30-16-23-40-43-26-14-24-41-38-21-11-13-29-49(38)64(54(41)43)60(47)52(40)50/h4-34H,1-3H3. The third-order valence-corrected chi connectivity index (χ3v) is 15.0. The Labute approximate surface area is 372 Å². The van der Waals surface area contributed by atoms with Crippen LogP contribution in [0.4, 0.5) is 34.1 Å². The van der Waals surface area contributed by atoms with E-state index in [0.29, 0.717) is 0 Å². The summed E-state index contributed by atoms with van der Waals surface area (Å²) in [5.74, 6) is 0. The van der Waals surface area contributed by atoms with Crippen LogP contribution in [-0.2, 0) is 5.41 Å². The van der Waals surface area contributed by atoms with Crippen molar-refractivity contribution in [3.05, 3.63) is 194 Å². The predicted octanol–water partition coefficient (Wildman–Crippen LogP) is 12.0. The van der Waals surface area contributed by atoms with Gasteiger partial charge in [0.25, 0.3) is 0 Å². The molecule has 64 heavy (non-hydrogen) atoms. The van der Waals surface area contributed by atoms with Crippen molar-refractivity contribution in [2.24, 2.45) is 0 Å². The zero-order valence-electron chi connectivity index (χ0n) is 35.8. The van der Waals surface area contributed by atoms with E-state index >= 15 is 0 Å². The molecule has 4 aliphatic rings. The summed E-state index contributed by atoms with van der Waals surface area (Å²) in [4.78, 5) is 5.26. The van der Waals surface area contributed by atoms with Crippen LogP contribution in [0, 0.1) is 0 Å². The van der Waals surface area contributed by atoms with Crippen molar-refractivity contribution in [3.8, 4) is 22.3 Å². The van der Waals surface area contributed by atoms with E-state index in [0.717, 1.165) is 11.4 Å². The summed E-state index contributed by atoms with van der Waals surface area (Å²) in [6, 6.07) is 71.4. The number of benzene rings is 9. The number of para-hydroxylation sites is 6. The molecule has 0 unspecified atom stereocenters. The SMILES string of the molecule is CC(C)(C)c1ccc2c(c1)N(c1ccccc1)c1c3c(cc4c1N(c1ccccc1)c1cccc5c1B4n1c4ccccc4c4cccc-5c41)-c1cccc4c5ccccc5n(c14)B23. The van der Waals surface area contributed by atoms with E-state index in [1.807, 2.05) is 0 Å². The van der Waals surface area contributed by atoms with Gasteiger partial charge in [0, 0.05) is 77.5 Å². The molecule has 4 aliphatic heterocycles. The highest BCUT2D eigenvalue weighted by Crippen LogP contribution is 2.53. The first-order valence-corrected chi connectivity index (χ1v) is 22.7. The fourth-order valence-corrected chi connectivity index (χ4v) is 12.4. The minimum absolute atomic E-state index is 0.0622. The van der Waals surface area contributed by atoms with Gasteiger partial charge in [0.15, 0.2) is 0 Å². The Bertz CT molecular complexity index is 3860. The van der Waals surface area contributed by atoms with Crippen LogP contribution in [0.3, 0.4) is 0 Å². The lowest BCUT2D eigenvalue weighted by Crippen LogP contribution is -2.61. The van der Waals surface area contributed by atoms with Gasteiger partial charge >= 0.3 is 13.7 Å². The van der Waals surface area contributed by atoms with Gasteiger partial charge in [-0.3, -0.25) is 0 Å². The molecule has 4 nitrogen and oxygen atoms in total. The molecule has 0 fully saturated rings. The number of hydrogen-bond acceptors (Lipinski definition) is 2. The molecule has 15 rings (SSSR count). The van der Waals surface area contributed by atoms with E-state index in [4.69, 9.17) is 0 Å². The number of fused-ring (bicyclic) bond motifs is 15. The maximum atomic E-state index is 2.70. The first kappa shape index (κ1) is 34.8. The minimum atomic E-state index is -0.0922. The zero-order valence-corrected chi connectivity index (χ0v) is 35.8. The van der Waals surface area contributed by atoms with Gasteiger partial charge in [0.2, 0.25) is 0 Å². The normalized spacial score (nSPS) is 14.0. The zero-order chi connectivity index (χ0) is 42.2. The van der Waals surface area contributed by atoms with Gasteiger partial charge in [0.05, 0.1) is 11.4 Å². The summed E-state index contributed by atoms with van der Waals surface area (Å²) >= 11 is 0. The molecule has 0 N–H and O–H groups in total. The van der Waals surface area contributed by atoms with Gasteiger partial charge in [0.1, 0.15) is 0 Å². The quantitative estimate of drug-likeness (QED) is 0.162. The number of nitrogens with zero attached hydrogens (tertiary/aromatic N) is 4. The smallest absolute Gasteiger partial charge is 0.333 e. The van der Waals surface area contributed by atoms with Gasteiger partial charge in [-0.05, 0) is 92.5 Å². The highest BCUT2D eigenvalue weighted by molar-refractivity contribution is 6.93. The lowest BCUT2D eigenvalue weighted by Gasteiger charge is -2.47. The molecule has 0 aliphatic carbocycles. The largest absolute Gasteiger partial charge is 0.375 e.